The van der Waals surface area contributed by atoms with E-state index >= 15 is 0 Å². The number of carbonyl (C=O) groups is 3. The van der Waals surface area contributed by atoms with Crippen LogP contribution in [0.2, 0.25) is 0 Å². The van der Waals surface area contributed by atoms with Crippen LogP contribution >= 0.6 is 0 Å². The van der Waals surface area contributed by atoms with E-state index in [2.05, 4.69) is 26.8 Å². The molecule has 11 atom stereocenters. The van der Waals surface area contributed by atoms with Crippen LogP contribution in [0, 0.1) is 45.8 Å². The minimum absolute atomic E-state index is 0.00360. The summed E-state index contributed by atoms with van der Waals surface area (Å²) in [4.78, 5) is 37.2. The third-order valence-corrected chi connectivity index (χ3v) is 15.1. The quantitative estimate of drug-likeness (QED) is 0.278. The van der Waals surface area contributed by atoms with E-state index in [1.54, 1.807) is 0 Å². The van der Waals surface area contributed by atoms with Crippen molar-refractivity contribution >= 4 is 17.5 Å². The highest BCUT2D eigenvalue weighted by Crippen LogP contribution is 2.76. The Morgan fingerprint density at radius 2 is 1.79 bits per heavy atom. The van der Waals surface area contributed by atoms with Crippen LogP contribution in [-0.2, 0) is 19.1 Å². The zero-order chi connectivity index (χ0) is 30.2. The lowest BCUT2D eigenvalue weighted by Gasteiger charge is -2.51. The molecule has 1 spiro atoms. The number of aliphatic hydroxyl groups is 1. The number of carboxylic acid groups (broad SMARTS) is 1. The van der Waals surface area contributed by atoms with Gasteiger partial charge in [0.1, 0.15) is 17.2 Å². The standard InChI is InChI=1S/C37H50O6/c1-21-4-6-27-26-7-5-24(38)15-22(26)17-35(28(27)14-21)19-30(35)29-16-25(39)9-11-33(29,2)37-18-23-8-12-36(42,13-10-32(40)41)34(23,3)20-31(37)43-37/h17,21,23,26-28,31,42H,4-16,18-20H2,1-3H3,(H,40,41)/t21-,23+,26?,27?,28?,31?,33+,34+,35?,36-,37+/m1/s1. The minimum atomic E-state index is -0.964. The number of rotatable bonds is 4. The summed E-state index contributed by atoms with van der Waals surface area (Å²) in [6.45, 7) is 6.99. The molecule has 0 aromatic carbocycles. The van der Waals surface area contributed by atoms with Crippen molar-refractivity contribution in [2.24, 2.45) is 45.8 Å². The summed E-state index contributed by atoms with van der Waals surface area (Å²) in [7, 11) is 0. The first-order chi connectivity index (χ1) is 20.3. The second-order valence-electron chi connectivity index (χ2n) is 17.0. The molecule has 6 saturated carbocycles. The van der Waals surface area contributed by atoms with Gasteiger partial charge in [0.2, 0.25) is 0 Å². The van der Waals surface area contributed by atoms with E-state index in [4.69, 9.17) is 4.74 Å². The van der Waals surface area contributed by atoms with E-state index in [0.717, 1.165) is 50.9 Å². The van der Waals surface area contributed by atoms with Gasteiger partial charge in [0.25, 0.3) is 0 Å². The topological polar surface area (TPSA) is 104 Å². The lowest BCUT2D eigenvalue weighted by Crippen LogP contribution is -2.54. The maximum atomic E-state index is 13.2. The second-order valence-corrected chi connectivity index (χ2v) is 17.0. The zero-order valence-electron chi connectivity index (χ0n) is 26.4. The van der Waals surface area contributed by atoms with E-state index < -0.39 is 11.6 Å². The van der Waals surface area contributed by atoms with E-state index in [1.807, 2.05) is 0 Å². The lowest BCUT2D eigenvalue weighted by molar-refractivity contribution is -0.141. The summed E-state index contributed by atoms with van der Waals surface area (Å²) < 4.78 is 6.84. The molecule has 0 amide bonds. The van der Waals surface area contributed by atoms with E-state index in [9.17, 15) is 24.6 Å². The number of hydrogen-bond donors (Lipinski definition) is 2. The van der Waals surface area contributed by atoms with Crippen LogP contribution in [0.5, 0.6) is 0 Å². The lowest BCUT2D eigenvalue weighted by atomic mass is 9.52. The monoisotopic (exact) mass is 590 g/mol. The molecule has 7 fully saturated rings. The van der Waals surface area contributed by atoms with Crippen LogP contribution in [0.15, 0.2) is 22.8 Å². The predicted octanol–water partition coefficient (Wildman–Crippen LogP) is 6.74. The third kappa shape index (κ3) is 3.87. The van der Waals surface area contributed by atoms with Gasteiger partial charge in [0.05, 0.1) is 11.7 Å². The van der Waals surface area contributed by atoms with Crippen molar-refractivity contribution in [3.05, 3.63) is 22.8 Å². The predicted molar refractivity (Wildman–Crippen MR) is 161 cm³/mol. The van der Waals surface area contributed by atoms with Crippen LogP contribution in [-0.4, -0.2) is 45.1 Å². The normalized spacial score (nSPS) is 53.4. The molecule has 234 valence electrons. The summed E-state index contributed by atoms with van der Waals surface area (Å²) in [6.07, 6.45) is 15.3. The van der Waals surface area contributed by atoms with Gasteiger partial charge in [0.15, 0.2) is 0 Å². The van der Waals surface area contributed by atoms with Gasteiger partial charge in [-0.1, -0.05) is 50.0 Å². The smallest absolute Gasteiger partial charge is 0.303 e. The van der Waals surface area contributed by atoms with E-state index in [1.165, 1.54) is 36.0 Å². The van der Waals surface area contributed by atoms with Gasteiger partial charge in [-0.05, 0) is 93.8 Å². The van der Waals surface area contributed by atoms with Crippen LogP contribution in [0.4, 0.5) is 0 Å². The molecular formula is C37H50O6. The molecule has 43 heavy (non-hydrogen) atoms. The number of fused-ring (bicyclic) bond motifs is 6. The minimum Gasteiger partial charge on any atom is -0.481 e. The van der Waals surface area contributed by atoms with Crippen molar-refractivity contribution in [3.8, 4) is 0 Å². The molecule has 0 radical (unpaired) electrons. The van der Waals surface area contributed by atoms with Crippen molar-refractivity contribution in [2.75, 3.05) is 0 Å². The van der Waals surface area contributed by atoms with Crippen molar-refractivity contribution < 1.29 is 29.3 Å². The summed E-state index contributed by atoms with van der Waals surface area (Å²) in [5.41, 5.74) is 2.49. The fourth-order valence-corrected chi connectivity index (χ4v) is 12.4. The molecule has 1 heterocycles. The Balaban J connectivity index is 1.16. The molecule has 6 heteroatoms. The van der Waals surface area contributed by atoms with E-state index in [-0.39, 0.29) is 40.3 Å². The highest BCUT2D eigenvalue weighted by atomic mass is 16.6. The molecule has 0 bridgehead atoms. The SMILES string of the molecule is C[C@@H]1CCC2C3CCC(=O)CC3=CC3(CC3=C3CC(=O)CC[C@]3(C)[C@]34C[C@@H]5CC[C@@](O)(CCC(=O)O)[C@@]5(C)CC3O4)C2C1. The number of carbonyl (C=O) groups excluding carboxylic acids is 2. The number of hydrogen-bond acceptors (Lipinski definition) is 5. The Hall–Kier alpha value is -1.79. The van der Waals surface area contributed by atoms with Gasteiger partial charge >= 0.3 is 5.97 Å². The van der Waals surface area contributed by atoms with Crippen molar-refractivity contribution in [1.29, 1.82) is 0 Å². The largest absolute Gasteiger partial charge is 0.481 e. The van der Waals surface area contributed by atoms with Gasteiger partial charge in [0, 0.05) is 48.3 Å². The van der Waals surface area contributed by atoms with Gasteiger partial charge in [-0.3, -0.25) is 14.4 Å². The van der Waals surface area contributed by atoms with Crippen molar-refractivity contribution in [1.82, 2.24) is 0 Å². The fraction of sp³-hybridized carbons (Fsp3) is 0.811. The molecular weight excluding hydrogens is 540 g/mol. The fourth-order valence-electron chi connectivity index (χ4n) is 12.4. The second kappa shape index (κ2) is 9.15. The molecule has 7 aliphatic carbocycles. The molecule has 5 unspecified atom stereocenters. The number of ketones is 2. The van der Waals surface area contributed by atoms with Gasteiger partial charge < -0.3 is 14.9 Å². The van der Waals surface area contributed by atoms with Crippen LogP contribution in [0.3, 0.4) is 0 Å². The first kappa shape index (κ1) is 28.7. The highest BCUT2D eigenvalue weighted by molar-refractivity contribution is 5.84. The molecule has 0 aromatic rings. The average molecular weight is 591 g/mol. The summed E-state index contributed by atoms with van der Waals surface area (Å²) >= 11 is 0. The number of carboxylic acids is 1. The molecule has 0 aromatic heterocycles. The molecule has 1 aliphatic heterocycles. The van der Waals surface area contributed by atoms with Crippen LogP contribution in [0.1, 0.15) is 124 Å². The molecule has 1 saturated heterocycles. The summed E-state index contributed by atoms with van der Waals surface area (Å²) in [5, 5.41) is 21.1. The van der Waals surface area contributed by atoms with Gasteiger partial charge in [-0.2, -0.15) is 0 Å². The first-order valence-electron chi connectivity index (χ1n) is 17.4. The number of Topliss-reactive ketones (excluding diaryl/α,β-unsaturated/α-hetero) is 2. The Bertz CT molecular complexity index is 1360. The molecule has 6 nitrogen and oxygen atoms in total. The Morgan fingerprint density at radius 1 is 1.00 bits per heavy atom. The van der Waals surface area contributed by atoms with Crippen LogP contribution in [0.25, 0.3) is 0 Å². The van der Waals surface area contributed by atoms with Crippen molar-refractivity contribution in [2.45, 2.75) is 141 Å². The molecule has 8 aliphatic rings. The number of ether oxygens (including phenoxy) is 1. The molecule has 8 rings (SSSR count). The highest BCUT2D eigenvalue weighted by Gasteiger charge is 2.77. The maximum Gasteiger partial charge on any atom is 0.303 e. The first-order valence-corrected chi connectivity index (χ1v) is 17.4. The number of epoxide rings is 1. The third-order valence-electron chi connectivity index (χ3n) is 15.1. The Morgan fingerprint density at radius 3 is 2.58 bits per heavy atom. The Labute approximate surface area is 256 Å². The zero-order valence-corrected chi connectivity index (χ0v) is 26.4. The van der Waals surface area contributed by atoms with E-state index in [0.29, 0.717) is 61.4 Å². The number of aliphatic carboxylic acids is 1. The average Bonchev–Trinajstić information content (AvgIpc) is 3.84. The molecule has 2 N–H and O–H groups in total. The number of allylic oxidation sites excluding steroid dienone is 3. The van der Waals surface area contributed by atoms with Crippen LogP contribution < -0.4 is 0 Å². The summed E-state index contributed by atoms with van der Waals surface area (Å²) in [5.74, 6) is 2.75. The van der Waals surface area contributed by atoms with Gasteiger partial charge in [-0.25, -0.2) is 0 Å². The van der Waals surface area contributed by atoms with Gasteiger partial charge in [-0.15, -0.1) is 0 Å². The van der Waals surface area contributed by atoms with Crippen molar-refractivity contribution in [3.63, 3.8) is 0 Å². The maximum absolute atomic E-state index is 13.2. The summed E-state index contributed by atoms with van der Waals surface area (Å²) in [6, 6.07) is 0. The Kier molecular flexibility index (Phi) is 6.10.